The fourth-order valence-electron chi connectivity index (χ4n) is 4.66. The molecule has 1 aliphatic heterocycles. The number of rotatable bonds is 9. The number of nitrogens with zero attached hydrogens (tertiary/aromatic N) is 3. The quantitative estimate of drug-likeness (QED) is 0.394. The normalized spacial score (nSPS) is 14.5. The molecule has 3 aromatic rings. The van der Waals surface area contributed by atoms with Gasteiger partial charge in [-0.3, -0.25) is 14.5 Å². The highest BCUT2D eigenvalue weighted by molar-refractivity contribution is 6.42. The lowest BCUT2D eigenvalue weighted by molar-refractivity contribution is -0.131. The van der Waals surface area contributed by atoms with Crippen LogP contribution in [0.4, 0.5) is 5.69 Å². The third-order valence-electron chi connectivity index (χ3n) is 7.09. The summed E-state index contributed by atoms with van der Waals surface area (Å²) in [5.74, 6) is -0.130. The maximum Gasteiger partial charge on any atom is 0.251 e. The zero-order valence-electron chi connectivity index (χ0n) is 22.5. The van der Waals surface area contributed by atoms with Crippen LogP contribution in [0.3, 0.4) is 0 Å². The molecule has 0 aromatic heterocycles. The highest BCUT2D eigenvalue weighted by Crippen LogP contribution is 2.29. The summed E-state index contributed by atoms with van der Waals surface area (Å²) in [6.45, 7) is 3.92. The lowest BCUT2D eigenvalue weighted by Gasteiger charge is -2.36. The first-order valence-electron chi connectivity index (χ1n) is 12.9. The Kier molecular flexibility index (Phi) is 9.86. The van der Waals surface area contributed by atoms with Crippen molar-refractivity contribution in [2.45, 2.75) is 6.04 Å². The van der Waals surface area contributed by atoms with E-state index < -0.39 is 0 Å². The zero-order valence-corrected chi connectivity index (χ0v) is 24.0. The Bertz CT molecular complexity index is 1300. The van der Waals surface area contributed by atoms with Gasteiger partial charge in [0.2, 0.25) is 5.91 Å². The second-order valence-corrected chi connectivity index (χ2v) is 10.5. The summed E-state index contributed by atoms with van der Waals surface area (Å²) in [6, 6.07) is 21.0. The Morgan fingerprint density at radius 2 is 1.67 bits per heavy atom. The number of halogens is 2. The van der Waals surface area contributed by atoms with Crippen molar-refractivity contribution >= 4 is 40.7 Å². The molecule has 1 unspecified atom stereocenters. The number of carbonyl (C=O) groups is 2. The fourth-order valence-corrected chi connectivity index (χ4v) is 4.96. The molecule has 0 saturated carbocycles. The summed E-state index contributed by atoms with van der Waals surface area (Å²) >= 11 is 12.3. The minimum absolute atomic E-state index is 0.0100. The lowest BCUT2D eigenvalue weighted by atomic mass is 9.98. The first-order valence-corrected chi connectivity index (χ1v) is 13.7. The van der Waals surface area contributed by atoms with Crippen molar-refractivity contribution in [1.82, 2.24) is 15.1 Å². The molecule has 9 heteroatoms. The van der Waals surface area contributed by atoms with Gasteiger partial charge in [0.1, 0.15) is 0 Å². The smallest absolute Gasteiger partial charge is 0.251 e. The van der Waals surface area contributed by atoms with E-state index in [4.69, 9.17) is 27.9 Å². The van der Waals surface area contributed by atoms with Gasteiger partial charge in [-0.25, -0.2) is 0 Å². The number of morpholine rings is 1. The number of amides is 2. The largest absolute Gasteiger partial charge is 0.379 e. The Balaban J connectivity index is 1.55. The zero-order chi connectivity index (χ0) is 27.9. The van der Waals surface area contributed by atoms with Crippen LogP contribution >= 0.6 is 23.2 Å². The van der Waals surface area contributed by atoms with Crippen LogP contribution in [0, 0.1) is 0 Å². The predicted molar refractivity (Wildman–Crippen MR) is 158 cm³/mol. The number of hydrogen-bond acceptors (Lipinski definition) is 5. The van der Waals surface area contributed by atoms with Crippen molar-refractivity contribution in [2.75, 3.05) is 65.4 Å². The average molecular weight is 570 g/mol. The van der Waals surface area contributed by atoms with Crippen LogP contribution in [-0.2, 0) is 9.53 Å². The van der Waals surface area contributed by atoms with Gasteiger partial charge in [-0.15, -0.1) is 0 Å². The van der Waals surface area contributed by atoms with Crippen molar-refractivity contribution in [1.29, 1.82) is 0 Å². The summed E-state index contributed by atoms with van der Waals surface area (Å²) in [5, 5.41) is 3.60. The fraction of sp³-hybridized carbons (Fsp3) is 0.333. The van der Waals surface area contributed by atoms with Gasteiger partial charge in [-0.05, 0) is 47.0 Å². The molecule has 1 saturated heterocycles. The second kappa shape index (κ2) is 13.3. The molecule has 3 aromatic carbocycles. The molecule has 7 nitrogen and oxygen atoms in total. The maximum atomic E-state index is 13.5. The van der Waals surface area contributed by atoms with Crippen molar-refractivity contribution in [3.63, 3.8) is 0 Å². The van der Waals surface area contributed by atoms with Gasteiger partial charge < -0.3 is 19.9 Å². The lowest BCUT2D eigenvalue weighted by Crippen LogP contribution is -2.45. The van der Waals surface area contributed by atoms with Crippen LogP contribution in [-0.4, -0.2) is 82.1 Å². The van der Waals surface area contributed by atoms with E-state index in [9.17, 15) is 9.59 Å². The summed E-state index contributed by atoms with van der Waals surface area (Å²) in [6.07, 6.45) is 0. The molecule has 0 aliphatic carbocycles. The van der Waals surface area contributed by atoms with E-state index >= 15 is 0 Å². The van der Waals surface area contributed by atoms with E-state index in [2.05, 4.69) is 22.3 Å². The monoisotopic (exact) mass is 568 g/mol. The first-order chi connectivity index (χ1) is 18.8. The molecular formula is C30H34Cl2N4O3. The Morgan fingerprint density at radius 3 is 2.33 bits per heavy atom. The van der Waals surface area contributed by atoms with Crippen molar-refractivity contribution in [2.24, 2.45) is 0 Å². The van der Waals surface area contributed by atoms with Crippen LogP contribution in [0.2, 0.25) is 10.0 Å². The van der Waals surface area contributed by atoms with E-state index in [0.717, 1.165) is 35.5 Å². The van der Waals surface area contributed by atoms with Gasteiger partial charge in [0.25, 0.3) is 5.91 Å². The molecule has 2 amide bonds. The summed E-state index contributed by atoms with van der Waals surface area (Å²) in [7, 11) is 5.35. The topological polar surface area (TPSA) is 65.1 Å². The van der Waals surface area contributed by atoms with Gasteiger partial charge in [-0.1, -0.05) is 59.6 Å². The highest BCUT2D eigenvalue weighted by atomic mass is 35.5. The second-order valence-electron chi connectivity index (χ2n) is 9.67. The number of anilines is 1. The van der Waals surface area contributed by atoms with E-state index in [1.807, 2.05) is 60.3 Å². The summed E-state index contributed by atoms with van der Waals surface area (Å²) < 4.78 is 5.54. The molecule has 1 N–H and O–H groups in total. The number of ether oxygens (including phenoxy) is 1. The van der Waals surface area contributed by atoms with Crippen molar-refractivity contribution in [3.8, 4) is 11.1 Å². The van der Waals surface area contributed by atoms with Crippen LogP contribution < -0.4 is 10.2 Å². The van der Waals surface area contributed by atoms with Crippen LogP contribution in [0.5, 0.6) is 0 Å². The number of likely N-dealkylation sites (N-methyl/N-ethyl adjacent to an activating group) is 2. The van der Waals surface area contributed by atoms with Gasteiger partial charge in [0, 0.05) is 52.0 Å². The number of benzene rings is 3. The third kappa shape index (κ3) is 7.31. The maximum absolute atomic E-state index is 13.5. The molecule has 1 atom stereocenters. The van der Waals surface area contributed by atoms with E-state index in [0.29, 0.717) is 35.4 Å². The van der Waals surface area contributed by atoms with E-state index in [1.54, 1.807) is 25.2 Å². The molecule has 39 heavy (non-hydrogen) atoms. The molecular weight excluding hydrogens is 535 g/mol. The minimum atomic E-state index is -0.149. The van der Waals surface area contributed by atoms with Gasteiger partial charge in [0.15, 0.2) is 0 Å². The number of carbonyl (C=O) groups excluding carboxylic acids is 2. The molecule has 1 aliphatic rings. The van der Waals surface area contributed by atoms with E-state index in [1.165, 1.54) is 0 Å². The highest BCUT2D eigenvalue weighted by Gasteiger charge is 2.26. The average Bonchev–Trinajstić information content (AvgIpc) is 2.97. The molecule has 1 heterocycles. The van der Waals surface area contributed by atoms with Crippen LogP contribution in [0.25, 0.3) is 11.1 Å². The van der Waals surface area contributed by atoms with Gasteiger partial charge >= 0.3 is 0 Å². The summed E-state index contributed by atoms with van der Waals surface area (Å²) in [5.41, 5.74) is 4.43. The van der Waals surface area contributed by atoms with E-state index in [-0.39, 0.29) is 24.4 Å². The Hall–Kier alpha value is -3.10. The molecule has 206 valence electrons. The standard InChI is InChI=1S/C30H34Cl2N4O3/c1-33-30(38)24-6-4-5-23(17-24)21-7-9-22(10-8-21)28(19-36-13-15-39-16-14-36)35(3)29(37)20-34(2)25-11-12-26(31)27(32)18-25/h4-12,17-18,28H,13-16,19-20H2,1-3H3,(H,33,38). The molecule has 0 radical (unpaired) electrons. The minimum Gasteiger partial charge on any atom is -0.379 e. The molecule has 4 rings (SSSR count). The SMILES string of the molecule is CNC(=O)c1cccc(-c2ccc(C(CN3CCOCC3)N(C)C(=O)CN(C)c3ccc(Cl)c(Cl)c3)cc2)c1. The van der Waals surface area contributed by atoms with Crippen LogP contribution in [0.1, 0.15) is 22.0 Å². The molecule has 1 fully saturated rings. The predicted octanol–water partition coefficient (Wildman–Crippen LogP) is 4.99. The van der Waals surface area contributed by atoms with Crippen molar-refractivity contribution < 1.29 is 14.3 Å². The molecule has 0 spiro atoms. The Morgan fingerprint density at radius 1 is 0.949 bits per heavy atom. The Labute approximate surface area is 240 Å². The molecule has 0 bridgehead atoms. The summed E-state index contributed by atoms with van der Waals surface area (Å²) in [4.78, 5) is 31.6. The first kappa shape index (κ1) is 28.9. The van der Waals surface area contributed by atoms with Gasteiger partial charge in [-0.2, -0.15) is 0 Å². The van der Waals surface area contributed by atoms with Gasteiger partial charge in [0.05, 0.1) is 35.8 Å². The van der Waals surface area contributed by atoms with Crippen LogP contribution in [0.15, 0.2) is 66.7 Å². The number of nitrogens with one attached hydrogen (secondary N) is 1. The third-order valence-corrected chi connectivity index (χ3v) is 7.83. The number of hydrogen-bond donors (Lipinski definition) is 1. The van der Waals surface area contributed by atoms with Crippen molar-refractivity contribution in [3.05, 3.63) is 87.9 Å².